The van der Waals surface area contributed by atoms with E-state index in [1.807, 2.05) is 13.8 Å². The van der Waals surface area contributed by atoms with Gasteiger partial charge in [-0.15, -0.1) is 0 Å². The average Bonchev–Trinajstić information content (AvgIpc) is 2.32. The minimum absolute atomic E-state index is 0.0849. The van der Waals surface area contributed by atoms with E-state index in [2.05, 4.69) is 9.97 Å². The van der Waals surface area contributed by atoms with Crippen LogP contribution in [0.4, 0.5) is 5.69 Å². The Bertz CT molecular complexity index is 562. The van der Waals surface area contributed by atoms with Crippen LogP contribution in [0.15, 0.2) is 29.3 Å². The van der Waals surface area contributed by atoms with Crippen molar-refractivity contribution in [2.24, 2.45) is 0 Å². The fraction of sp³-hybridized carbons (Fsp3) is 0.200. The summed E-state index contributed by atoms with van der Waals surface area (Å²) >= 11 is 0. The summed E-state index contributed by atoms with van der Waals surface area (Å²) in [6.45, 7) is 4.00. The van der Waals surface area contributed by atoms with E-state index in [0.717, 1.165) is 6.20 Å². The van der Waals surface area contributed by atoms with Gasteiger partial charge in [0.05, 0.1) is 16.6 Å². The minimum Gasteiger partial charge on any atom is -0.354 e. The molecule has 0 bridgehead atoms. The van der Waals surface area contributed by atoms with E-state index in [1.165, 1.54) is 6.20 Å². The first-order chi connectivity index (χ1) is 7.70. The molecule has 2 heterocycles. The Morgan fingerprint density at radius 2 is 2.12 bits per heavy atom. The van der Waals surface area contributed by atoms with E-state index in [0.29, 0.717) is 5.52 Å². The third kappa shape index (κ3) is 2.05. The van der Waals surface area contributed by atoms with E-state index in [4.69, 9.17) is 0 Å². The number of hydrogen-bond donors (Lipinski definition) is 1. The molecule has 84 valence electrons. The number of pyridine rings is 2. The lowest BCUT2D eigenvalue weighted by molar-refractivity contribution is -0.386. The third-order valence-electron chi connectivity index (χ3n) is 1.82. The molecule has 0 unspecified atom stereocenters. The van der Waals surface area contributed by atoms with Crippen LogP contribution in [0.2, 0.25) is 0 Å². The van der Waals surface area contributed by atoms with Crippen LogP contribution >= 0.6 is 0 Å². The molecule has 0 saturated carbocycles. The second-order valence-corrected chi connectivity index (χ2v) is 2.66. The number of hydrogen-bond acceptors (Lipinski definition) is 4. The third-order valence-corrected chi connectivity index (χ3v) is 1.82. The average molecular weight is 221 g/mol. The molecule has 0 fully saturated rings. The highest BCUT2D eigenvalue weighted by Crippen LogP contribution is 2.08. The molecule has 0 aromatic carbocycles. The summed E-state index contributed by atoms with van der Waals surface area (Å²) in [5.74, 6) is 0. The first kappa shape index (κ1) is 11.8. The van der Waals surface area contributed by atoms with Crippen LogP contribution in [-0.4, -0.2) is 14.9 Å². The Balaban J connectivity index is 0.000000606. The zero-order chi connectivity index (χ0) is 12.1. The molecule has 2 aromatic rings. The number of H-pyrrole nitrogens is 1. The van der Waals surface area contributed by atoms with Crippen LogP contribution in [0.3, 0.4) is 0 Å². The SMILES string of the molecule is CC.O=c1c([N+](=O)[O-])c[nH]c2cccnc12. The zero-order valence-electron chi connectivity index (χ0n) is 8.93. The van der Waals surface area contributed by atoms with Crippen molar-refractivity contribution in [1.29, 1.82) is 0 Å². The molecule has 0 spiro atoms. The van der Waals surface area contributed by atoms with Crippen molar-refractivity contribution in [3.63, 3.8) is 0 Å². The van der Waals surface area contributed by atoms with Crippen molar-refractivity contribution >= 4 is 16.7 Å². The molecule has 0 radical (unpaired) electrons. The molecule has 0 aliphatic heterocycles. The summed E-state index contributed by atoms with van der Waals surface area (Å²) in [6.07, 6.45) is 2.49. The van der Waals surface area contributed by atoms with Crippen LogP contribution in [0, 0.1) is 10.1 Å². The second-order valence-electron chi connectivity index (χ2n) is 2.66. The van der Waals surface area contributed by atoms with Gasteiger partial charge in [0.1, 0.15) is 5.52 Å². The molecule has 2 rings (SSSR count). The summed E-state index contributed by atoms with van der Waals surface area (Å²) in [4.78, 5) is 27.6. The van der Waals surface area contributed by atoms with Crippen LogP contribution in [0.25, 0.3) is 11.0 Å². The maximum absolute atomic E-state index is 11.4. The summed E-state index contributed by atoms with van der Waals surface area (Å²) in [7, 11) is 0. The van der Waals surface area contributed by atoms with Crippen LogP contribution in [0.1, 0.15) is 13.8 Å². The molecule has 0 aliphatic carbocycles. The first-order valence-corrected chi connectivity index (χ1v) is 4.81. The van der Waals surface area contributed by atoms with Gasteiger partial charge in [-0.05, 0) is 12.1 Å². The van der Waals surface area contributed by atoms with Gasteiger partial charge in [-0.25, -0.2) is 0 Å². The number of fused-ring (bicyclic) bond motifs is 1. The quantitative estimate of drug-likeness (QED) is 0.587. The molecule has 2 aromatic heterocycles. The van der Waals surface area contributed by atoms with Crippen LogP contribution in [0.5, 0.6) is 0 Å². The Morgan fingerprint density at radius 3 is 2.75 bits per heavy atom. The van der Waals surface area contributed by atoms with E-state index in [1.54, 1.807) is 12.1 Å². The lowest BCUT2D eigenvalue weighted by Gasteiger charge is -1.95. The highest BCUT2D eigenvalue weighted by molar-refractivity contribution is 5.75. The summed E-state index contributed by atoms with van der Waals surface area (Å²) in [5, 5.41) is 10.4. The molecule has 0 atom stereocenters. The maximum Gasteiger partial charge on any atom is 0.334 e. The lowest BCUT2D eigenvalue weighted by Crippen LogP contribution is -2.10. The lowest BCUT2D eigenvalue weighted by atomic mass is 10.3. The fourth-order valence-electron chi connectivity index (χ4n) is 1.17. The van der Waals surface area contributed by atoms with E-state index >= 15 is 0 Å². The van der Waals surface area contributed by atoms with Crippen LogP contribution < -0.4 is 5.43 Å². The van der Waals surface area contributed by atoms with Gasteiger partial charge in [0, 0.05) is 6.20 Å². The van der Waals surface area contributed by atoms with E-state index in [-0.39, 0.29) is 5.52 Å². The van der Waals surface area contributed by atoms with Gasteiger partial charge in [-0.1, -0.05) is 13.8 Å². The fourth-order valence-corrected chi connectivity index (χ4v) is 1.17. The molecule has 6 heteroatoms. The topological polar surface area (TPSA) is 88.9 Å². The monoisotopic (exact) mass is 221 g/mol. The van der Waals surface area contributed by atoms with Crippen molar-refractivity contribution in [2.75, 3.05) is 0 Å². The highest BCUT2D eigenvalue weighted by Gasteiger charge is 2.14. The predicted octanol–water partition coefficient (Wildman–Crippen LogP) is 1.86. The van der Waals surface area contributed by atoms with Gasteiger partial charge in [-0.2, -0.15) is 0 Å². The normalized spacial score (nSPS) is 9.38. The summed E-state index contributed by atoms with van der Waals surface area (Å²) < 4.78 is 0. The molecule has 1 N–H and O–H groups in total. The Kier molecular flexibility index (Phi) is 3.71. The largest absolute Gasteiger partial charge is 0.354 e. The molecule has 16 heavy (non-hydrogen) atoms. The first-order valence-electron chi connectivity index (χ1n) is 4.81. The number of nitrogens with zero attached hydrogens (tertiary/aromatic N) is 2. The molecule has 0 aliphatic rings. The summed E-state index contributed by atoms with van der Waals surface area (Å²) in [5.41, 5.74) is -0.578. The Labute approximate surface area is 91.1 Å². The minimum atomic E-state index is -0.729. The van der Waals surface area contributed by atoms with Crippen LogP contribution in [-0.2, 0) is 0 Å². The van der Waals surface area contributed by atoms with Crippen molar-refractivity contribution in [2.45, 2.75) is 13.8 Å². The van der Waals surface area contributed by atoms with Crippen molar-refractivity contribution in [1.82, 2.24) is 9.97 Å². The summed E-state index contributed by atoms with van der Waals surface area (Å²) in [6, 6.07) is 3.28. The Hall–Kier alpha value is -2.24. The molecular weight excluding hydrogens is 210 g/mol. The molecule has 6 nitrogen and oxygen atoms in total. The van der Waals surface area contributed by atoms with Crippen molar-refractivity contribution in [3.8, 4) is 0 Å². The second kappa shape index (κ2) is 5.01. The zero-order valence-corrected chi connectivity index (χ0v) is 8.93. The number of nitrogens with one attached hydrogen (secondary N) is 1. The van der Waals surface area contributed by atoms with Gasteiger partial charge in [0.2, 0.25) is 0 Å². The maximum atomic E-state index is 11.4. The van der Waals surface area contributed by atoms with Crippen molar-refractivity contribution in [3.05, 3.63) is 44.9 Å². The van der Waals surface area contributed by atoms with Crippen molar-refractivity contribution < 1.29 is 4.92 Å². The van der Waals surface area contributed by atoms with Gasteiger partial charge in [0.15, 0.2) is 0 Å². The van der Waals surface area contributed by atoms with E-state index < -0.39 is 16.0 Å². The highest BCUT2D eigenvalue weighted by atomic mass is 16.6. The van der Waals surface area contributed by atoms with Gasteiger partial charge < -0.3 is 4.98 Å². The number of aromatic nitrogens is 2. The standard InChI is InChI=1S/C8H5N3O3.C2H6/c12-8-6(11(13)14)4-10-5-2-1-3-9-7(5)8;1-2/h1-4H,(H,10,12);1-2H3. The molecule has 0 saturated heterocycles. The predicted molar refractivity (Wildman–Crippen MR) is 60.4 cm³/mol. The van der Waals surface area contributed by atoms with Gasteiger partial charge in [-0.3, -0.25) is 19.9 Å². The smallest absolute Gasteiger partial charge is 0.334 e. The van der Waals surface area contributed by atoms with E-state index in [9.17, 15) is 14.9 Å². The number of aromatic amines is 1. The van der Waals surface area contributed by atoms with Gasteiger partial charge >= 0.3 is 5.69 Å². The molecule has 0 amide bonds. The number of rotatable bonds is 1. The number of nitro groups is 1. The van der Waals surface area contributed by atoms with Gasteiger partial charge in [0.25, 0.3) is 5.43 Å². The Morgan fingerprint density at radius 1 is 1.44 bits per heavy atom. The molecular formula is C10H11N3O3.